The fraction of sp³-hybridized carbons (Fsp3) is 0.231. The second-order valence-electron chi connectivity index (χ2n) is 12.0. The summed E-state index contributed by atoms with van der Waals surface area (Å²) in [7, 11) is 0. The number of amides is 3. The summed E-state index contributed by atoms with van der Waals surface area (Å²) in [6.07, 6.45) is 0.977. The summed E-state index contributed by atoms with van der Waals surface area (Å²) in [5, 5.41) is 2.92. The molecular formula is C39H40N4O4. The number of aliphatic imine (C=N–C) groups is 1. The van der Waals surface area contributed by atoms with Gasteiger partial charge in [0.05, 0.1) is 29.8 Å². The molecule has 0 bridgehead atoms. The molecule has 0 saturated carbocycles. The molecular weight excluding hydrogens is 588 g/mol. The highest BCUT2D eigenvalue weighted by Gasteiger charge is 2.37. The Balaban J connectivity index is 1.55. The SMILES string of the molecule is C=CC[C@@H](C(N)=O)[C@@H](CC(C)C)C(=O)NC1N=C(c2ccccc2)c2ccccc2N(Cc2cccc(Oc3ccccc3)c2)C1=O. The van der Waals surface area contributed by atoms with E-state index in [0.717, 1.165) is 16.7 Å². The molecule has 3 N–H and O–H groups in total. The van der Waals surface area contributed by atoms with Gasteiger partial charge in [0.25, 0.3) is 5.91 Å². The van der Waals surface area contributed by atoms with Crippen molar-refractivity contribution in [1.29, 1.82) is 0 Å². The van der Waals surface area contributed by atoms with Gasteiger partial charge in [0.15, 0.2) is 0 Å². The van der Waals surface area contributed by atoms with Crippen molar-refractivity contribution in [2.75, 3.05) is 4.90 Å². The second kappa shape index (κ2) is 15.2. The Morgan fingerprint density at radius 2 is 1.57 bits per heavy atom. The predicted molar refractivity (Wildman–Crippen MR) is 185 cm³/mol. The van der Waals surface area contributed by atoms with Gasteiger partial charge in [-0.25, -0.2) is 4.99 Å². The molecule has 0 fully saturated rings. The second-order valence-corrected chi connectivity index (χ2v) is 12.0. The van der Waals surface area contributed by atoms with Crippen LogP contribution < -0.4 is 20.7 Å². The standard InChI is InChI=1S/C39H40N4O4/c1-4-14-31(36(40)44)33(23-26(2)3)38(45)42-37-39(46)43(25-27-15-13-20-30(24-27)47-29-18-9-6-10-19-29)34-22-12-11-21-32(34)35(41-37)28-16-7-5-8-17-28/h4-13,15-22,24,26,31,33,37H,1,14,23,25H2,2-3H3,(H2,40,44)(H,42,45)/t31-,33-,37?/m1/s1. The largest absolute Gasteiger partial charge is 0.457 e. The first kappa shape index (κ1) is 32.9. The quantitative estimate of drug-likeness (QED) is 0.162. The Labute approximate surface area is 276 Å². The summed E-state index contributed by atoms with van der Waals surface area (Å²) < 4.78 is 6.07. The highest BCUT2D eigenvalue weighted by Crippen LogP contribution is 2.31. The molecule has 0 radical (unpaired) electrons. The topological polar surface area (TPSA) is 114 Å². The first-order valence-electron chi connectivity index (χ1n) is 15.8. The molecule has 5 rings (SSSR count). The van der Waals surface area contributed by atoms with Gasteiger partial charge in [0.2, 0.25) is 18.0 Å². The Morgan fingerprint density at radius 3 is 2.26 bits per heavy atom. The number of primary amides is 1. The van der Waals surface area contributed by atoms with E-state index in [2.05, 4.69) is 11.9 Å². The monoisotopic (exact) mass is 628 g/mol. The molecule has 0 aliphatic carbocycles. The van der Waals surface area contributed by atoms with Crippen LogP contribution in [0.25, 0.3) is 0 Å². The minimum atomic E-state index is -1.26. The lowest BCUT2D eigenvalue weighted by atomic mass is 9.82. The van der Waals surface area contributed by atoms with Crippen LogP contribution in [-0.2, 0) is 20.9 Å². The van der Waals surface area contributed by atoms with Crippen LogP contribution in [-0.4, -0.2) is 29.6 Å². The summed E-state index contributed by atoms with van der Waals surface area (Å²) in [6.45, 7) is 7.90. The highest BCUT2D eigenvalue weighted by molar-refractivity contribution is 6.20. The van der Waals surface area contributed by atoms with E-state index in [1.54, 1.807) is 11.0 Å². The molecule has 47 heavy (non-hydrogen) atoms. The number of hydrogen-bond acceptors (Lipinski definition) is 5. The number of para-hydroxylation sites is 2. The number of nitrogens with one attached hydrogen (secondary N) is 1. The normalized spacial score (nSPS) is 15.6. The Hall–Kier alpha value is -5.50. The Kier molecular flexibility index (Phi) is 10.6. The fourth-order valence-corrected chi connectivity index (χ4v) is 5.89. The van der Waals surface area contributed by atoms with Gasteiger partial charge in [-0.15, -0.1) is 6.58 Å². The molecule has 1 aliphatic rings. The van der Waals surface area contributed by atoms with Gasteiger partial charge in [0.1, 0.15) is 11.5 Å². The Morgan fingerprint density at radius 1 is 0.915 bits per heavy atom. The van der Waals surface area contributed by atoms with Gasteiger partial charge in [-0.3, -0.25) is 14.4 Å². The predicted octanol–water partition coefficient (Wildman–Crippen LogP) is 6.65. The number of benzodiazepines with no additional fused rings is 1. The van der Waals surface area contributed by atoms with Crippen molar-refractivity contribution in [3.63, 3.8) is 0 Å². The number of carbonyl (C=O) groups excluding carboxylic acids is 3. The van der Waals surface area contributed by atoms with Crippen LogP contribution in [0.4, 0.5) is 5.69 Å². The summed E-state index contributed by atoms with van der Waals surface area (Å²) in [6, 6.07) is 34.2. The zero-order valence-electron chi connectivity index (χ0n) is 26.7. The van der Waals surface area contributed by atoms with Gasteiger partial charge < -0.3 is 20.7 Å². The van der Waals surface area contributed by atoms with Crippen LogP contribution in [0.1, 0.15) is 43.4 Å². The highest BCUT2D eigenvalue weighted by atomic mass is 16.5. The first-order valence-corrected chi connectivity index (χ1v) is 15.8. The molecule has 4 aromatic carbocycles. The molecule has 0 saturated heterocycles. The lowest BCUT2D eigenvalue weighted by molar-refractivity contribution is -0.135. The molecule has 1 unspecified atom stereocenters. The zero-order chi connectivity index (χ0) is 33.3. The van der Waals surface area contributed by atoms with Crippen LogP contribution in [0.3, 0.4) is 0 Å². The van der Waals surface area contributed by atoms with Gasteiger partial charge in [0, 0.05) is 11.1 Å². The van der Waals surface area contributed by atoms with Crippen molar-refractivity contribution in [1.82, 2.24) is 5.32 Å². The third-order valence-corrected chi connectivity index (χ3v) is 8.09. The molecule has 3 atom stereocenters. The van der Waals surface area contributed by atoms with E-state index in [0.29, 0.717) is 29.3 Å². The summed E-state index contributed by atoms with van der Waals surface area (Å²) in [5.74, 6) is -1.56. The lowest BCUT2D eigenvalue weighted by Crippen LogP contribution is -2.50. The van der Waals surface area contributed by atoms with Crippen molar-refractivity contribution >= 4 is 29.1 Å². The zero-order valence-corrected chi connectivity index (χ0v) is 26.7. The summed E-state index contributed by atoms with van der Waals surface area (Å²) in [4.78, 5) is 47.6. The molecule has 240 valence electrons. The van der Waals surface area contributed by atoms with Gasteiger partial charge in [-0.05, 0) is 54.7 Å². The molecule has 4 aromatic rings. The summed E-state index contributed by atoms with van der Waals surface area (Å²) in [5.41, 5.74) is 9.37. The van der Waals surface area contributed by atoms with Crippen LogP contribution in [0.15, 0.2) is 127 Å². The number of ether oxygens (including phenoxy) is 1. The van der Waals surface area contributed by atoms with E-state index in [1.807, 2.05) is 123 Å². The molecule has 8 nitrogen and oxygen atoms in total. The van der Waals surface area contributed by atoms with E-state index in [-0.39, 0.29) is 18.9 Å². The third-order valence-electron chi connectivity index (χ3n) is 8.09. The van der Waals surface area contributed by atoms with E-state index in [4.69, 9.17) is 15.5 Å². The molecule has 8 heteroatoms. The number of nitrogens with two attached hydrogens (primary N) is 1. The molecule has 0 aromatic heterocycles. The smallest absolute Gasteiger partial charge is 0.272 e. The maximum atomic E-state index is 14.5. The number of nitrogens with zero attached hydrogens (tertiary/aromatic N) is 2. The lowest BCUT2D eigenvalue weighted by Gasteiger charge is -2.28. The first-order chi connectivity index (χ1) is 22.7. The van der Waals surface area contributed by atoms with Crippen molar-refractivity contribution in [2.24, 2.45) is 28.5 Å². The number of hydrogen-bond donors (Lipinski definition) is 2. The van der Waals surface area contributed by atoms with Crippen LogP contribution in [0.2, 0.25) is 0 Å². The van der Waals surface area contributed by atoms with Crippen LogP contribution in [0.5, 0.6) is 11.5 Å². The van der Waals surface area contributed by atoms with E-state index < -0.39 is 35.7 Å². The number of rotatable bonds is 13. The third kappa shape index (κ3) is 8.02. The average molecular weight is 629 g/mol. The van der Waals surface area contributed by atoms with Crippen molar-refractivity contribution in [2.45, 2.75) is 39.4 Å². The van der Waals surface area contributed by atoms with Gasteiger partial charge >= 0.3 is 0 Å². The minimum absolute atomic E-state index is 0.0942. The molecule has 3 amide bonds. The van der Waals surface area contributed by atoms with Gasteiger partial charge in [-0.1, -0.05) is 98.8 Å². The number of benzene rings is 4. The van der Waals surface area contributed by atoms with Crippen LogP contribution >= 0.6 is 0 Å². The van der Waals surface area contributed by atoms with Crippen LogP contribution in [0, 0.1) is 17.8 Å². The fourth-order valence-electron chi connectivity index (χ4n) is 5.89. The molecule has 0 spiro atoms. The minimum Gasteiger partial charge on any atom is -0.457 e. The number of anilines is 1. The van der Waals surface area contributed by atoms with E-state index in [1.165, 1.54) is 0 Å². The maximum Gasteiger partial charge on any atom is 0.272 e. The maximum absolute atomic E-state index is 14.5. The van der Waals surface area contributed by atoms with E-state index >= 15 is 0 Å². The van der Waals surface area contributed by atoms with E-state index in [9.17, 15) is 14.4 Å². The van der Waals surface area contributed by atoms with Crippen molar-refractivity contribution < 1.29 is 19.1 Å². The average Bonchev–Trinajstić information content (AvgIpc) is 3.18. The van der Waals surface area contributed by atoms with Gasteiger partial charge in [-0.2, -0.15) is 0 Å². The molecule has 1 aliphatic heterocycles. The van der Waals surface area contributed by atoms with Crippen molar-refractivity contribution in [3.8, 4) is 11.5 Å². The Bertz CT molecular complexity index is 1750. The number of fused-ring (bicyclic) bond motifs is 1. The number of carbonyl (C=O) groups is 3. The molecule has 1 heterocycles. The number of allylic oxidation sites excluding steroid dienone is 1. The summed E-state index contributed by atoms with van der Waals surface area (Å²) >= 11 is 0. The van der Waals surface area contributed by atoms with Crippen molar-refractivity contribution in [3.05, 3.63) is 139 Å².